The summed E-state index contributed by atoms with van der Waals surface area (Å²) in [6.45, 7) is 16.8. The van der Waals surface area contributed by atoms with Gasteiger partial charge in [0.05, 0.1) is 0 Å². The first-order valence-corrected chi connectivity index (χ1v) is 27.9. The highest BCUT2D eigenvalue weighted by atomic mass is 16.4. The molecule has 5 aromatic heterocycles. The molecule has 0 unspecified atom stereocenters. The van der Waals surface area contributed by atoms with Crippen molar-refractivity contribution >= 4 is 64.8 Å². The lowest BCUT2D eigenvalue weighted by atomic mass is 9.96. The van der Waals surface area contributed by atoms with Crippen LogP contribution in [-0.4, -0.2) is 219 Å². The first kappa shape index (κ1) is 64.8. The van der Waals surface area contributed by atoms with Crippen molar-refractivity contribution in [2.45, 2.75) is 82.7 Å². The van der Waals surface area contributed by atoms with E-state index in [2.05, 4.69) is 94.1 Å². The number of carbonyl (C=O) groups excluding carboxylic acids is 1. The van der Waals surface area contributed by atoms with Gasteiger partial charge in [0, 0.05) is 101 Å². The monoisotopic (exact) mass is 1180 g/mol. The van der Waals surface area contributed by atoms with Crippen molar-refractivity contribution in [3.8, 4) is 0 Å². The van der Waals surface area contributed by atoms with Crippen LogP contribution in [0.1, 0.15) is 123 Å². The van der Waals surface area contributed by atoms with Gasteiger partial charge in [-0.25, -0.2) is 80.4 Å². The van der Waals surface area contributed by atoms with Gasteiger partial charge < -0.3 is 71.2 Å². The van der Waals surface area contributed by atoms with Gasteiger partial charge in [-0.15, -0.1) is 0 Å². The molecule has 30 nitrogen and oxygen atoms in total. The van der Waals surface area contributed by atoms with Crippen LogP contribution in [0.3, 0.4) is 0 Å². The summed E-state index contributed by atoms with van der Waals surface area (Å²) in [5.74, 6) is -1.83. The van der Waals surface area contributed by atoms with E-state index >= 15 is 0 Å². The highest BCUT2D eigenvalue weighted by Crippen LogP contribution is 2.24. The van der Waals surface area contributed by atoms with E-state index in [9.17, 15) is 28.8 Å². The maximum atomic E-state index is 11.0. The molecule has 5 saturated heterocycles. The predicted molar refractivity (Wildman–Crippen MR) is 310 cm³/mol. The average Bonchev–Trinajstić information content (AvgIpc) is 3.61. The second-order valence-electron chi connectivity index (χ2n) is 20.8. The third-order valence-corrected chi connectivity index (χ3v) is 14.7. The fourth-order valence-corrected chi connectivity index (χ4v) is 9.65. The van der Waals surface area contributed by atoms with Gasteiger partial charge in [0.1, 0.15) is 60.7 Å². The lowest BCUT2D eigenvalue weighted by molar-refractivity contribution is -0.122. The number of nitrogens with one attached hydrogen (secondary N) is 2. The van der Waals surface area contributed by atoms with E-state index in [4.69, 9.17) is 37.8 Å². The number of anilines is 5. The number of aromatic nitrogens is 10. The summed E-state index contributed by atoms with van der Waals surface area (Å²) < 4.78 is 0. The van der Waals surface area contributed by atoms with Crippen molar-refractivity contribution in [2.75, 3.05) is 111 Å². The number of primary amides is 1. The molecule has 1 amide bonds. The van der Waals surface area contributed by atoms with Crippen LogP contribution in [0.4, 0.5) is 29.1 Å². The molecule has 5 fully saturated rings. The van der Waals surface area contributed by atoms with Crippen molar-refractivity contribution in [2.24, 2.45) is 17.6 Å². The highest BCUT2D eigenvalue weighted by molar-refractivity contribution is 5.88. The molecule has 5 aromatic rings. The summed E-state index contributed by atoms with van der Waals surface area (Å²) >= 11 is 0. The minimum absolute atomic E-state index is 0.00213. The summed E-state index contributed by atoms with van der Waals surface area (Å²) in [5, 5.41) is 50.6. The number of carbonyl (C=O) groups is 6. The van der Waals surface area contributed by atoms with Crippen molar-refractivity contribution < 1.29 is 54.3 Å². The van der Waals surface area contributed by atoms with Gasteiger partial charge in [0.15, 0.2) is 28.5 Å². The maximum absolute atomic E-state index is 11.0. The number of carboxylic acids is 5. The second-order valence-corrected chi connectivity index (χ2v) is 20.8. The van der Waals surface area contributed by atoms with Crippen LogP contribution in [0.15, 0.2) is 62.0 Å². The largest absolute Gasteiger partial charge is 0.477 e. The lowest BCUT2D eigenvalue weighted by Crippen LogP contribution is -2.39. The molecule has 30 heteroatoms. The molecule has 0 saturated carbocycles. The standard InChI is InChI=1S/C12H18N4O2.C11H14N4O3.C11H16N4O2.C11H12N4O2.C10H13N3O2/c1-16-4-2-9(3-5-16)7-13-11-6-10(12(17)18)14-8-15-11;12-10(16)7-1-3-15(4-2-7)9-5-8(11(17)18)13-6-14-9;1-15-4-2-8(3-5-15)14-10-6-9(11(16)17)12-7-13-10;1-12-8-2-4-15(5-3-8)10-6-9(11(16)17)13-7-14-10;14-10(15)8-6-9(12-7-11-8)13-4-2-1-3-5-13/h6,8-9H,2-5,7H2,1H3,(H,17,18)(H,13,14,15);5-7H,1-4H2,(H2,12,16)(H,17,18);6-8H,2-5H2,1H3,(H,16,17)(H,12,13,14);6-8H,2-5H2,(H,16,17);6-7H,1-5H2,(H,14,15). The Morgan fingerprint density at radius 1 is 0.482 bits per heavy atom. The van der Waals surface area contributed by atoms with Crippen LogP contribution in [0.25, 0.3) is 4.85 Å². The Kier molecular flexibility index (Phi) is 25.2. The normalized spacial score (nSPS) is 17.0. The number of carboxylic acid groups (broad SMARTS) is 5. The van der Waals surface area contributed by atoms with Crippen molar-refractivity contribution in [1.82, 2.24) is 59.6 Å². The predicted octanol–water partition coefficient (Wildman–Crippen LogP) is 3.71. The van der Waals surface area contributed by atoms with E-state index in [1.54, 1.807) is 0 Å². The molecule has 0 aromatic carbocycles. The van der Waals surface area contributed by atoms with Crippen LogP contribution >= 0.6 is 0 Å². The minimum atomic E-state index is -1.08. The number of hydrogen-bond donors (Lipinski definition) is 8. The molecule has 85 heavy (non-hydrogen) atoms. The molecule has 5 aliphatic heterocycles. The van der Waals surface area contributed by atoms with E-state index in [0.29, 0.717) is 61.2 Å². The number of piperidine rings is 5. The number of amides is 1. The summed E-state index contributed by atoms with van der Waals surface area (Å²) in [6, 6.07) is 7.84. The fourth-order valence-electron chi connectivity index (χ4n) is 9.65. The van der Waals surface area contributed by atoms with Gasteiger partial charge in [-0.2, -0.15) is 0 Å². The van der Waals surface area contributed by atoms with Crippen LogP contribution in [0.2, 0.25) is 0 Å². The molecule has 10 rings (SSSR count). The number of nitrogens with two attached hydrogens (primary N) is 1. The van der Waals surface area contributed by atoms with Crippen LogP contribution < -0.4 is 31.1 Å². The molecule has 0 bridgehead atoms. The second kappa shape index (κ2) is 33.1. The summed E-state index contributed by atoms with van der Waals surface area (Å²) in [6.07, 6.45) is 17.3. The zero-order valence-corrected chi connectivity index (χ0v) is 47.6. The quantitative estimate of drug-likeness (QED) is 0.0734. The third kappa shape index (κ3) is 21.4. The van der Waals surface area contributed by atoms with Gasteiger partial charge in [-0.1, -0.05) is 0 Å². The molecule has 0 aliphatic carbocycles. The molecule has 9 N–H and O–H groups in total. The lowest BCUT2D eigenvalue weighted by Gasteiger charge is -2.31. The van der Waals surface area contributed by atoms with E-state index in [0.717, 1.165) is 103 Å². The number of aromatic carboxylic acids is 5. The zero-order valence-electron chi connectivity index (χ0n) is 47.6. The number of likely N-dealkylation sites (tertiary alicyclic amines) is 2. The van der Waals surface area contributed by atoms with E-state index < -0.39 is 29.8 Å². The van der Waals surface area contributed by atoms with Crippen LogP contribution in [0.5, 0.6) is 0 Å². The van der Waals surface area contributed by atoms with Gasteiger partial charge in [0.25, 0.3) is 0 Å². The summed E-state index contributed by atoms with van der Waals surface area (Å²) in [5.41, 5.74) is 5.33. The SMILES string of the molecule is CN1CCC(CNc2cc(C(=O)O)ncn2)CC1.CN1CCC(Nc2cc(C(=O)O)ncn2)CC1.NC(=O)C1CCN(c2cc(C(=O)O)ncn2)CC1.O=C(O)c1cc(N2CCCCC2)ncn1.[C-]#[N+]C1CCN(c2cc(C(=O)O)ncn2)CC1. The summed E-state index contributed by atoms with van der Waals surface area (Å²) in [7, 11) is 4.23. The number of nitrogens with zero attached hydrogens (tertiary/aromatic N) is 16. The highest BCUT2D eigenvalue weighted by Gasteiger charge is 2.26. The first-order valence-electron chi connectivity index (χ1n) is 27.9. The van der Waals surface area contributed by atoms with Crippen LogP contribution in [-0.2, 0) is 4.79 Å². The Hall–Kier alpha value is -9.37. The van der Waals surface area contributed by atoms with Gasteiger partial charge >= 0.3 is 29.8 Å². The van der Waals surface area contributed by atoms with Gasteiger partial charge in [-0.3, -0.25) is 4.79 Å². The van der Waals surface area contributed by atoms with Gasteiger partial charge in [-0.05, 0) is 104 Å². The van der Waals surface area contributed by atoms with E-state index in [1.807, 2.05) is 9.80 Å². The van der Waals surface area contributed by atoms with Crippen molar-refractivity contribution in [3.63, 3.8) is 0 Å². The molecule has 0 spiro atoms. The van der Waals surface area contributed by atoms with Gasteiger partial charge in [0.2, 0.25) is 11.9 Å². The smallest absolute Gasteiger partial charge is 0.354 e. The molecule has 0 radical (unpaired) electrons. The molecular weight excluding hydrogens is 1100 g/mol. The molecule has 0 atom stereocenters. The summed E-state index contributed by atoms with van der Waals surface area (Å²) in [4.78, 5) is 118. The molecule has 10 heterocycles. The Balaban J connectivity index is 0.000000170. The third-order valence-electron chi connectivity index (χ3n) is 14.7. The molecular formula is C55H73N19O11. The minimum Gasteiger partial charge on any atom is -0.477 e. The fraction of sp³-hybridized carbons (Fsp3) is 0.509. The maximum Gasteiger partial charge on any atom is 0.354 e. The van der Waals surface area contributed by atoms with Crippen molar-refractivity contribution in [3.05, 3.63) is 102 Å². The first-order chi connectivity index (χ1) is 40.8. The molecule has 5 aliphatic rings. The Morgan fingerprint density at radius 2 is 0.847 bits per heavy atom. The van der Waals surface area contributed by atoms with E-state index in [-0.39, 0.29) is 46.3 Å². The number of hydrogen-bond acceptors (Lipinski definition) is 23. The zero-order chi connectivity index (χ0) is 61.3. The van der Waals surface area contributed by atoms with Crippen LogP contribution in [0, 0.1) is 18.4 Å². The average molecular weight is 1180 g/mol. The topological polar surface area (TPSA) is 403 Å². The number of rotatable bonds is 14. The van der Waals surface area contributed by atoms with E-state index in [1.165, 1.54) is 81.2 Å². The Morgan fingerprint density at radius 3 is 1.26 bits per heavy atom. The van der Waals surface area contributed by atoms with Crippen molar-refractivity contribution in [1.29, 1.82) is 0 Å². The Labute approximate surface area is 490 Å². The molecule has 454 valence electrons. The Bertz CT molecular complexity index is 3050.